The van der Waals surface area contributed by atoms with Crippen molar-refractivity contribution in [3.8, 4) is 0 Å². The van der Waals surface area contributed by atoms with Crippen LogP contribution >= 0.6 is 11.6 Å². The van der Waals surface area contributed by atoms with Gasteiger partial charge in [0.2, 0.25) is 0 Å². The highest BCUT2D eigenvalue weighted by Crippen LogP contribution is 2.62. The van der Waals surface area contributed by atoms with Gasteiger partial charge in [0.1, 0.15) is 17.6 Å². The number of carbonyl (C=O) groups is 1. The number of rotatable bonds is 4. The summed E-state index contributed by atoms with van der Waals surface area (Å²) in [6, 6.07) is 16.8. The minimum atomic E-state index is -0.578. The molecule has 0 aromatic heterocycles. The molecule has 4 aliphatic rings. The Labute approximate surface area is 191 Å². The highest BCUT2D eigenvalue weighted by molar-refractivity contribution is 6.26. The SMILES string of the molecule is N/C(=N/O)[C@H]1[C@@H]2Cc3ccccc3[C@@H]21.N/C(=N/OC(=O)CCl)[C@H]1[C@@H]2Cc3ccccc3[C@@H]21. The van der Waals surface area contributed by atoms with Crippen molar-refractivity contribution in [2.24, 2.45) is 45.5 Å². The molecule has 32 heavy (non-hydrogen) atoms. The van der Waals surface area contributed by atoms with E-state index in [1.54, 1.807) is 0 Å². The molecule has 0 amide bonds. The van der Waals surface area contributed by atoms with Crippen molar-refractivity contribution in [1.82, 2.24) is 0 Å². The molecule has 7 nitrogen and oxygen atoms in total. The van der Waals surface area contributed by atoms with Gasteiger partial charge in [-0.1, -0.05) is 58.8 Å². The van der Waals surface area contributed by atoms with Gasteiger partial charge in [0, 0.05) is 11.8 Å². The van der Waals surface area contributed by atoms with E-state index < -0.39 is 5.97 Å². The summed E-state index contributed by atoms with van der Waals surface area (Å²) < 4.78 is 0. The molecule has 5 N–H and O–H groups in total. The Morgan fingerprint density at radius 2 is 1.44 bits per heavy atom. The number of hydrogen-bond donors (Lipinski definition) is 3. The van der Waals surface area contributed by atoms with Gasteiger partial charge in [-0.3, -0.25) is 0 Å². The monoisotopic (exact) mass is 452 g/mol. The third-order valence-corrected chi connectivity index (χ3v) is 7.46. The lowest BCUT2D eigenvalue weighted by Crippen LogP contribution is -2.19. The number of oxime groups is 2. The van der Waals surface area contributed by atoms with Crippen LogP contribution in [-0.2, 0) is 22.5 Å². The van der Waals surface area contributed by atoms with Crippen molar-refractivity contribution in [2.45, 2.75) is 24.7 Å². The molecule has 0 unspecified atom stereocenters. The van der Waals surface area contributed by atoms with E-state index in [0.717, 1.165) is 12.8 Å². The fourth-order valence-electron chi connectivity index (χ4n) is 5.76. The lowest BCUT2D eigenvalue weighted by molar-refractivity contribution is -0.140. The fraction of sp³-hybridized carbons (Fsp3) is 0.375. The van der Waals surface area contributed by atoms with Crippen LogP contribution in [-0.4, -0.2) is 28.7 Å². The van der Waals surface area contributed by atoms with Gasteiger partial charge in [-0.2, -0.15) is 0 Å². The molecule has 2 fully saturated rings. The highest BCUT2D eigenvalue weighted by Gasteiger charge is 2.58. The average Bonchev–Trinajstić information content (AvgIpc) is 3.63. The van der Waals surface area contributed by atoms with Crippen LogP contribution in [0.3, 0.4) is 0 Å². The maximum absolute atomic E-state index is 10.9. The number of amidine groups is 2. The first-order valence-corrected chi connectivity index (χ1v) is 11.3. The van der Waals surface area contributed by atoms with E-state index in [-0.39, 0.29) is 17.7 Å². The van der Waals surface area contributed by atoms with E-state index in [2.05, 4.69) is 57.6 Å². The quantitative estimate of drug-likeness (QED) is 0.164. The van der Waals surface area contributed by atoms with E-state index in [9.17, 15) is 4.79 Å². The number of hydrogen-bond acceptors (Lipinski definition) is 5. The van der Waals surface area contributed by atoms with Crippen molar-refractivity contribution < 1.29 is 14.8 Å². The molecule has 4 aliphatic carbocycles. The molecule has 2 saturated carbocycles. The topological polar surface area (TPSA) is 123 Å². The van der Waals surface area contributed by atoms with Crippen LogP contribution in [0.4, 0.5) is 0 Å². The highest BCUT2D eigenvalue weighted by atomic mass is 35.5. The maximum atomic E-state index is 10.9. The normalized spacial score (nSPS) is 30.8. The van der Waals surface area contributed by atoms with Gasteiger partial charge in [0.05, 0.1) is 0 Å². The second kappa shape index (κ2) is 8.13. The molecule has 0 bridgehead atoms. The number of fused-ring (bicyclic) bond motifs is 6. The molecule has 0 radical (unpaired) electrons. The Hall–Kier alpha value is -3.06. The van der Waals surface area contributed by atoms with Gasteiger partial charge in [0.15, 0.2) is 0 Å². The lowest BCUT2D eigenvalue weighted by atomic mass is 10.0. The molecule has 0 aliphatic heterocycles. The lowest BCUT2D eigenvalue weighted by Gasteiger charge is -2.06. The van der Waals surface area contributed by atoms with Crippen LogP contribution in [0.5, 0.6) is 0 Å². The molecule has 166 valence electrons. The Balaban J connectivity index is 0.000000139. The predicted molar refractivity (Wildman–Crippen MR) is 122 cm³/mol. The zero-order valence-corrected chi connectivity index (χ0v) is 18.2. The molecule has 6 atom stereocenters. The summed E-state index contributed by atoms with van der Waals surface area (Å²) >= 11 is 5.31. The minimum Gasteiger partial charge on any atom is -0.409 e. The van der Waals surface area contributed by atoms with Crippen molar-refractivity contribution >= 4 is 29.2 Å². The molecule has 6 rings (SSSR count). The van der Waals surface area contributed by atoms with Crippen LogP contribution < -0.4 is 11.5 Å². The van der Waals surface area contributed by atoms with E-state index in [1.807, 2.05) is 6.07 Å². The zero-order chi connectivity index (χ0) is 22.4. The fourth-order valence-corrected chi connectivity index (χ4v) is 5.81. The molecule has 8 heteroatoms. The van der Waals surface area contributed by atoms with Crippen LogP contribution in [0.2, 0.25) is 0 Å². The Bertz CT molecular complexity index is 1120. The first kappa shape index (κ1) is 20.8. The summed E-state index contributed by atoms with van der Waals surface area (Å²) in [5.41, 5.74) is 17.1. The van der Waals surface area contributed by atoms with E-state index in [0.29, 0.717) is 35.3 Å². The van der Waals surface area contributed by atoms with Gasteiger partial charge in [-0.15, -0.1) is 11.6 Å². The first-order chi connectivity index (χ1) is 15.5. The number of nitrogens with two attached hydrogens (primary N) is 2. The summed E-state index contributed by atoms with van der Waals surface area (Å²) in [6.45, 7) is 0. The van der Waals surface area contributed by atoms with Gasteiger partial charge in [-0.25, -0.2) is 4.79 Å². The molecule has 2 aromatic carbocycles. The third-order valence-electron chi connectivity index (χ3n) is 7.24. The maximum Gasteiger partial charge on any atom is 0.349 e. The summed E-state index contributed by atoms with van der Waals surface area (Å²) in [6.07, 6.45) is 2.12. The van der Waals surface area contributed by atoms with Crippen LogP contribution in [0, 0.1) is 23.7 Å². The Morgan fingerprint density at radius 1 is 0.938 bits per heavy atom. The van der Waals surface area contributed by atoms with E-state index >= 15 is 0 Å². The van der Waals surface area contributed by atoms with Crippen LogP contribution in [0.15, 0.2) is 58.8 Å². The summed E-state index contributed by atoms with van der Waals surface area (Å²) in [4.78, 5) is 15.5. The minimum absolute atomic E-state index is 0.211. The average molecular weight is 453 g/mol. The number of halogens is 1. The molecular weight excluding hydrogens is 428 g/mol. The predicted octanol–water partition coefficient (Wildman–Crippen LogP) is 2.95. The van der Waals surface area contributed by atoms with Gasteiger partial charge < -0.3 is 21.5 Å². The molecule has 0 spiro atoms. The van der Waals surface area contributed by atoms with Crippen LogP contribution in [0.1, 0.15) is 34.1 Å². The van der Waals surface area contributed by atoms with Crippen LogP contribution in [0.25, 0.3) is 0 Å². The largest absolute Gasteiger partial charge is 0.409 e. The summed E-state index contributed by atoms with van der Waals surface area (Å²) in [7, 11) is 0. The summed E-state index contributed by atoms with van der Waals surface area (Å²) in [5.74, 6) is 2.57. The summed E-state index contributed by atoms with van der Waals surface area (Å²) in [5, 5.41) is 15.4. The van der Waals surface area contributed by atoms with Crippen molar-refractivity contribution in [3.05, 3.63) is 70.8 Å². The standard InChI is InChI=1S/C13H13ClN2O2.C11H12N2O/c14-6-10(17)18-16-13(15)12-9-5-7-3-1-2-4-8(7)11(9)12;12-11(13-14)10-8-5-6-3-1-2-4-7(6)9(8)10/h1-4,9,11-12H,5-6H2,(H2,15,16);1-4,8-10,14H,5H2,(H2,12,13)/t9-,11+,12+;8-,9+,10+/m11/s1. The smallest absolute Gasteiger partial charge is 0.349 e. The van der Waals surface area contributed by atoms with Gasteiger partial charge in [-0.05, 0) is 58.8 Å². The van der Waals surface area contributed by atoms with Crippen molar-refractivity contribution in [2.75, 3.05) is 5.88 Å². The third kappa shape index (κ3) is 3.50. The van der Waals surface area contributed by atoms with Gasteiger partial charge in [0.25, 0.3) is 0 Å². The van der Waals surface area contributed by atoms with Gasteiger partial charge >= 0.3 is 5.97 Å². The molecular formula is C24H25ClN4O3. The van der Waals surface area contributed by atoms with E-state index in [4.69, 9.17) is 28.3 Å². The van der Waals surface area contributed by atoms with E-state index in [1.165, 1.54) is 22.3 Å². The molecule has 0 saturated heterocycles. The number of alkyl halides is 1. The van der Waals surface area contributed by atoms with Crippen molar-refractivity contribution in [1.29, 1.82) is 0 Å². The number of carbonyl (C=O) groups excluding carboxylic acids is 1. The zero-order valence-electron chi connectivity index (χ0n) is 17.4. The second-order valence-corrected chi connectivity index (χ2v) is 9.14. The second-order valence-electron chi connectivity index (χ2n) is 8.87. The Morgan fingerprint density at radius 3 is 1.94 bits per heavy atom. The van der Waals surface area contributed by atoms with Crippen molar-refractivity contribution in [3.63, 3.8) is 0 Å². The number of nitrogens with zero attached hydrogens (tertiary/aromatic N) is 2. The molecule has 2 aromatic rings. The number of benzene rings is 2. The molecule has 0 heterocycles. The Kier molecular flexibility index (Phi) is 5.29. The first-order valence-electron chi connectivity index (χ1n) is 10.8.